The topological polar surface area (TPSA) is 92.8 Å². The van der Waals surface area contributed by atoms with Crippen LogP contribution in [0.1, 0.15) is 25.3 Å². The number of nitrogens with zero attached hydrogens (tertiary/aromatic N) is 1. The lowest BCUT2D eigenvalue weighted by atomic mass is 10.2. The molecule has 0 radical (unpaired) electrons. The van der Waals surface area contributed by atoms with Gasteiger partial charge in [0, 0.05) is 37.3 Å². The SMILES string of the molecule is CC(=O)Oc1ccccc1C=CC(=O)Nc1ccc(S(=O)(=O)N2CCCC2)cc1. The molecule has 2 aromatic rings. The van der Waals surface area contributed by atoms with Crippen LogP contribution in [0.4, 0.5) is 5.69 Å². The van der Waals surface area contributed by atoms with Gasteiger partial charge in [0.1, 0.15) is 5.75 Å². The van der Waals surface area contributed by atoms with Gasteiger partial charge in [-0.2, -0.15) is 4.31 Å². The quantitative estimate of drug-likeness (QED) is 0.446. The average Bonchev–Trinajstić information content (AvgIpc) is 3.23. The predicted molar refractivity (Wildman–Crippen MR) is 110 cm³/mol. The van der Waals surface area contributed by atoms with E-state index in [1.165, 1.54) is 29.4 Å². The molecule has 1 N–H and O–H groups in total. The Kier molecular flexibility index (Phi) is 6.46. The highest BCUT2D eigenvalue weighted by Gasteiger charge is 2.26. The van der Waals surface area contributed by atoms with Crippen molar-refractivity contribution in [3.63, 3.8) is 0 Å². The normalized spacial score (nSPS) is 14.8. The standard InChI is InChI=1S/C21H22N2O5S/c1-16(24)28-20-7-3-2-6-17(20)8-13-21(25)22-18-9-11-19(12-10-18)29(26,27)23-14-4-5-15-23/h2-3,6-13H,4-5,14-15H2,1H3,(H,22,25). The third kappa shape index (κ3) is 5.30. The fourth-order valence-electron chi connectivity index (χ4n) is 3.00. The molecular weight excluding hydrogens is 392 g/mol. The van der Waals surface area contributed by atoms with Gasteiger partial charge >= 0.3 is 5.97 Å². The van der Waals surface area contributed by atoms with Gasteiger partial charge in [0.25, 0.3) is 0 Å². The molecule has 0 bridgehead atoms. The Labute approximate surface area is 170 Å². The minimum absolute atomic E-state index is 0.211. The summed E-state index contributed by atoms with van der Waals surface area (Å²) in [5, 5.41) is 2.68. The van der Waals surface area contributed by atoms with Gasteiger partial charge in [-0.25, -0.2) is 8.42 Å². The molecule has 0 aliphatic carbocycles. The van der Waals surface area contributed by atoms with E-state index in [4.69, 9.17) is 4.74 Å². The molecule has 1 aliphatic heterocycles. The highest BCUT2D eigenvalue weighted by Crippen LogP contribution is 2.23. The largest absolute Gasteiger partial charge is 0.426 e. The van der Waals surface area contributed by atoms with Crippen molar-refractivity contribution < 1.29 is 22.7 Å². The number of hydrogen-bond donors (Lipinski definition) is 1. The van der Waals surface area contributed by atoms with Crippen molar-refractivity contribution >= 4 is 33.7 Å². The number of carbonyl (C=O) groups excluding carboxylic acids is 2. The molecule has 1 fully saturated rings. The highest BCUT2D eigenvalue weighted by molar-refractivity contribution is 7.89. The van der Waals surface area contributed by atoms with E-state index in [1.807, 2.05) is 0 Å². The second kappa shape index (κ2) is 9.02. The van der Waals surface area contributed by atoms with Crippen molar-refractivity contribution in [3.05, 3.63) is 60.2 Å². The first-order valence-electron chi connectivity index (χ1n) is 9.23. The molecule has 0 aromatic heterocycles. The van der Waals surface area contributed by atoms with Crippen molar-refractivity contribution in [2.24, 2.45) is 0 Å². The van der Waals surface area contributed by atoms with Gasteiger partial charge < -0.3 is 10.1 Å². The lowest BCUT2D eigenvalue weighted by Crippen LogP contribution is -2.27. The zero-order valence-electron chi connectivity index (χ0n) is 16.0. The molecule has 0 spiro atoms. The van der Waals surface area contributed by atoms with Crippen LogP contribution in [0.25, 0.3) is 6.08 Å². The summed E-state index contributed by atoms with van der Waals surface area (Å²) in [5.41, 5.74) is 1.07. The maximum absolute atomic E-state index is 12.5. The van der Waals surface area contributed by atoms with Crippen LogP contribution in [-0.4, -0.2) is 37.7 Å². The molecule has 3 rings (SSSR count). The van der Waals surface area contributed by atoms with Crippen LogP contribution in [0.5, 0.6) is 5.75 Å². The second-order valence-corrected chi connectivity index (χ2v) is 8.53. The summed E-state index contributed by atoms with van der Waals surface area (Å²) >= 11 is 0. The number of sulfonamides is 1. The van der Waals surface area contributed by atoms with Gasteiger partial charge in [-0.3, -0.25) is 9.59 Å². The van der Waals surface area contributed by atoms with Crippen molar-refractivity contribution in [2.45, 2.75) is 24.7 Å². The highest BCUT2D eigenvalue weighted by atomic mass is 32.2. The number of nitrogens with one attached hydrogen (secondary N) is 1. The molecular formula is C21H22N2O5S. The number of benzene rings is 2. The van der Waals surface area contributed by atoms with Gasteiger partial charge in [-0.05, 0) is 49.2 Å². The summed E-state index contributed by atoms with van der Waals surface area (Å²) in [6.45, 7) is 2.39. The third-order valence-corrected chi connectivity index (χ3v) is 6.32. The molecule has 152 valence electrons. The molecule has 7 nitrogen and oxygen atoms in total. The molecule has 1 amide bonds. The van der Waals surface area contributed by atoms with Gasteiger partial charge in [0.2, 0.25) is 15.9 Å². The lowest BCUT2D eigenvalue weighted by molar-refractivity contribution is -0.131. The molecule has 0 atom stereocenters. The minimum Gasteiger partial charge on any atom is -0.426 e. The number of amides is 1. The summed E-state index contributed by atoms with van der Waals surface area (Å²) in [6, 6.07) is 12.9. The first-order valence-corrected chi connectivity index (χ1v) is 10.7. The Morgan fingerprint density at radius 3 is 2.34 bits per heavy atom. The summed E-state index contributed by atoms with van der Waals surface area (Å²) in [7, 11) is -3.48. The van der Waals surface area contributed by atoms with Gasteiger partial charge in [0.05, 0.1) is 4.90 Å². The van der Waals surface area contributed by atoms with Crippen molar-refractivity contribution in [1.82, 2.24) is 4.31 Å². The molecule has 2 aromatic carbocycles. The van der Waals surface area contributed by atoms with Crippen molar-refractivity contribution in [3.8, 4) is 5.75 Å². The molecule has 1 heterocycles. The molecule has 1 saturated heterocycles. The number of carbonyl (C=O) groups is 2. The molecule has 0 saturated carbocycles. The number of anilines is 1. The zero-order valence-corrected chi connectivity index (χ0v) is 16.8. The van der Waals surface area contributed by atoms with E-state index < -0.39 is 21.9 Å². The van der Waals surface area contributed by atoms with E-state index in [1.54, 1.807) is 42.5 Å². The van der Waals surface area contributed by atoms with Crippen LogP contribution in [0.3, 0.4) is 0 Å². The van der Waals surface area contributed by atoms with Crippen LogP contribution in [0, 0.1) is 0 Å². The van der Waals surface area contributed by atoms with E-state index in [2.05, 4.69) is 5.32 Å². The number of para-hydroxylation sites is 1. The Balaban J connectivity index is 1.66. The van der Waals surface area contributed by atoms with Crippen LogP contribution in [-0.2, 0) is 19.6 Å². The average molecular weight is 414 g/mol. The fraction of sp³-hybridized carbons (Fsp3) is 0.238. The number of rotatable bonds is 6. The van der Waals surface area contributed by atoms with Gasteiger partial charge in [-0.1, -0.05) is 18.2 Å². The Hall–Kier alpha value is -2.97. The van der Waals surface area contributed by atoms with Crippen LogP contribution >= 0.6 is 0 Å². The lowest BCUT2D eigenvalue weighted by Gasteiger charge is -2.15. The Morgan fingerprint density at radius 2 is 1.69 bits per heavy atom. The summed E-state index contributed by atoms with van der Waals surface area (Å²) in [5.74, 6) is -0.474. The Morgan fingerprint density at radius 1 is 1.03 bits per heavy atom. The molecule has 29 heavy (non-hydrogen) atoms. The Bertz CT molecular complexity index is 1020. The number of hydrogen-bond acceptors (Lipinski definition) is 5. The maximum atomic E-state index is 12.5. The van der Waals surface area contributed by atoms with Crippen LogP contribution in [0.15, 0.2) is 59.5 Å². The summed E-state index contributed by atoms with van der Waals surface area (Å²) in [4.78, 5) is 23.5. The first kappa shape index (κ1) is 20.8. The van der Waals surface area contributed by atoms with Crippen LogP contribution < -0.4 is 10.1 Å². The summed E-state index contributed by atoms with van der Waals surface area (Å²) in [6.07, 6.45) is 4.61. The molecule has 1 aliphatic rings. The van der Waals surface area contributed by atoms with E-state index in [9.17, 15) is 18.0 Å². The molecule has 8 heteroatoms. The monoisotopic (exact) mass is 414 g/mol. The predicted octanol–water partition coefficient (Wildman–Crippen LogP) is 3.05. The van der Waals surface area contributed by atoms with Gasteiger partial charge in [0.15, 0.2) is 0 Å². The van der Waals surface area contributed by atoms with Gasteiger partial charge in [-0.15, -0.1) is 0 Å². The second-order valence-electron chi connectivity index (χ2n) is 6.59. The summed E-state index contributed by atoms with van der Waals surface area (Å²) < 4.78 is 31.6. The van der Waals surface area contributed by atoms with Crippen molar-refractivity contribution in [2.75, 3.05) is 18.4 Å². The van der Waals surface area contributed by atoms with E-state index in [0.29, 0.717) is 30.1 Å². The zero-order chi connectivity index (χ0) is 20.9. The van der Waals surface area contributed by atoms with E-state index in [0.717, 1.165) is 12.8 Å². The fourth-order valence-corrected chi connectivity index (χ4v) is 4.52. The first-order chi connectivity index (χ1) is 13.9. The van der Waals surface area contributed by atoms with E-state index >= 15 is 0 Å². The van der Waals surface area contributed by atoms with Crippen LogP contribution in [0.2, 0.25) is 0 Å². The number of ether oxygens (including phenoxy) is 1. The van der Waals surface area contributed by atoms with Crippen molar-refractivity contribution in [1.29, 1.82) is 0 Å². The number of esters is 1. The minimum atomic E-state index is -3.48. The smallest absolute Gasteiger partial charge is 0.308 e. The molecule has 0 unspecified atom stereocenters. The van der Waals surface area contributed by atoms with E-state index in [-0.39, 0.29) is 4.90 Å². The maximum Gasteiger partial charge on any atom is 0.308 e. The third-order valence-electron chi connectivity index (χ3n) is 4.41.